The van der Waals surface area contributed by atoms with Crippen molar-refractivity contribution >= 4 is 17.7 Å². The number of hydrogen-bond donors (Lipinski definition) is 1. The highest BCUT2D eigenvalue weighted by Crippen LogP contribution is 2.31. The third kappa shape index (κ3) is 2.25. The highest BCUT2D eigenvalue weighted by Gasteiger charge is 2.14. The lowest BCUT2D eigenvalue weighted by Gasteiger charge is -1.99. The molecular formula is C11H7FO3S. The van der Waals surface area contributed by atoms with Gasteiger partial charge in [0.25, 0.3) is 0 Å². The van der Waals surface area contributed by atoms with Gasteiger partial charge < -0.3 is 9.52 Å². The lowest BCUT2D eigenvalue weighted by molar-refractivity contribution is 0.0690. The molecule has 2 rings (SSSR count). The topological polar surface area (TPSA) is 50.4 Å². The molecule has 0 saturated carbocycles. The van der Waals surface area contributed by atoms with Crippen molar-refractivity contribution in [3.63, 3.8) is 0 Å². The van der Waals surface area contributed by atoms with E-state index in [1.165, 1.54) is 24.5 Å². The highest BCUT2D eigenvalue weighted by atomic mass is 32.2. The molecule has 0 unspecified atom stereocenters. The largest absolute Gasteiger partial charge is 0.478 e. The predicted octanol–water partition coefficient (Wildman–Crippen LogP) is 3.27. The van der Waals surface area contributed by atoms with Crippen LogP contribution >= 0.6 is 11.8 Å². The summed E-state index contributed by atoms with van der Waals surface area (Å²) < 4.78 is 17.7. The Balaban J connectivity index is 2.23. The van der Waals surface area contributed by atoms with E-state index in [0.717, 1.165) is 16.7 Å². The molecule has 0 bridgehead atoms. The van der Waals surface area contributed by atoms with Crippen LogP contribution in [0.1, 0.15) is 10.4 Å². The molecule has 0 radical (unpaired) electrons. The zero-order valence-corrected chi connectivity index (χ0v) is 8.83. The number of rotatable bonds is 3. The van der Waals surface area contributed by atoms with E-state index < -0.39 is 5.97 Å². The summed E-state index contributed by atoms with van der Waals surface area (Å²) in [6.45, 7) is 0. The van der Waals surface area contributed by atoms with Gasteiger partial charge in [-0.3, -0.25) is 0 Å². The first kappa shape index (κ1) is 10.8. The van der Waals surface area contributed by atoms with Crippen LogP contribution in [0.25, 0.3) is 0 Å². The van der Waals surface area contributed by atoms with E-state index in [-0.39, 0.29) is 11.4 Å². The monoisotopic (exact) mass is 238 g/mol. The minimum absolute atomic E-state index is 0.106. The molecule has 0 aliphatic carbocycles. The second-order valence-electron chi connectivity index (χ2n) is 2.98. The van der Waals surface area contributed by atoms with Crippen LogP contribution in [0.3, 0.4) is 0 Å². The van der Waals surface area contributed by atoms with Crippen molar-refractivity contribution in [1.82, 2.24) is 0 Å². The van der Waals surface area contributed by atoms with Crippen molar-refractivity contribution in [2.45, 2.75) is 9.99 Å². The first-order valence-corrected chi connectivity index (χ1v) is 5.22. The van der Waals surface area contributed by atoms with E-state index in [1.807, 2.05) is 0 Å². The average molecular weight is 238 g/mol. The molecule has 0 amide bonds. The Labute approximate surface area is 94.9 Å². The number of carboxylic acid groups (broad SMARTS) is 1. The smallest absolute Gasteiger partial charge is 0.340 e. The van der Waals surface area contributed by atoms with Crippen LogP contribution in [0.15, 0.2) is 51.0 Å². The molecule has 5 heteroatoms. The zero-order valence-electron chi connectivity index (χ0n) is 8.01. The molecule has 0 aliphatic heterocycles. The van der Waals surface area contributed by atoms with Gasteiger partial charge in [0.1, 0.15) is 11.4 Å². The zero-order chi connectivity index (χ0) is 11.5. The molecule has 1 aromatic carbocycles. The molecule has 0 aliphatic rings. The summed E-state index contributed by atoms with van der Waals surface area (Å²) >= 11 is 1.14. The van der Waals surface area contributed by atoms with Gasteiger partial charge >= 0.3 is 5.97 Å². The number of carbonyl (C=O) groups is 1. The summed E-state index contributed by atoms with van der Waals surface area (Å²) in [6.07, 6.45) is 1.31. The Morgan fingerprint density at radius 3 is 2.56 bits per heavy atom. The fraction of sp³-hybridized carbons (Fsp3) is 0. The van der Waals surface area contributed by atoms with Crippen LogP contribution in [-0.2, 0) is 0 Å². The predicted molar refractivity (Wildman–Crippen MR) is 56.2 cm³/mol. The highest BCUT2D eigenvalue weighted by molar-refractivity contribution is 7.99. The summed E-state index contributed by atoms with van der Waals surface area (Å²) in [6, 6.07) is 7.13. The Morgan fingerprint density at radius 1 is 1.25 bits per heavy atom. The summed E-state index contributed by atoms with van der Waals surface area (Å²) in [5, 5.41) is 9.13. The number of halogens is 1. The average Bonchev–Trinajstić information content (AvgIpc) is 2.69. The summed E-state index contributed by atoms with van der Waals surface area (Å²) in [4.78, 5) is 11.5. The number of aromatic carboxylic acids is 1. The molecule has 3 nitrogen and oxygen atoms in total. The van der Waals surface area contributed by atoms with Gasteiger partial charge in [-0.05, 0) is 30.3 Å². The van der Waals surface area contributed by atoms with E-state index in [1.54, 1.807) is 12.1 Å². The minimum Gasteiger partial charge on any atom is -0.478 e. The van der Waals surface area contributed by atoms with Crippen LogP contribution in [-0.4, -0.2) is 11.1 Å². The van der Waals surface area contributed by atoms with Gasteiger partial charge in [0, 0.05) is 4.90 Å². The fourth-order valence-electron chi connectivity index (χ4n) is 1.14. The molecule has 82 valence electrons. The molecule has 1 N–H and O–H groups in total. The number of furan rings is 1. The van der Waals surface area contributed by atoms with Crippen LogP contribution in [0, 0.1) is 5.82 Å². The number of hydrogen-bond acceptors (Lipinski definition) is 3. The second kappa shape index (κ2) is 4.40. The van der Waals surface area contributed by atoms with Gasteiger partial charge in [-0.25, -0.2) is 9.18 Å². The molecular weight excluding hydrogens is 231 g/mol. The Kier molecular flexibility index (Phi) is 2.96. The van der Waals surface area contributed by atoms with Gasteiger partial charge in [-0.15, -0.1) is 0 Å². The van der Waals surface area contributed by atoms with E-state index in [2.05, 4.69) is 0 Å². The van der Waals surface area contributed by atoms with E-state index >= 15 is 0 Å². The maximum Gasteiger partial charge on any atom is 0.340 e. The Morgan fingerprint density at radius 2 is 1.94 bits per heavy atom. The Hall–Kier alpha value is -1.75. The minimum atomic E-state index is -1.04. The van der Waals surface area contributed by atoms with Gasteiger partial charge in [-0.2, -0.15) is 0 Å². The number of carboxylic acids is 1. The molecule has 0 spiro atoms. The van der Waals surface area contributed by atoms with Crippen LogP contribution in [0.2, 0.25) is 0 Å². The summed E-state index contributed by atoms with van der Waals surface area (Å²) in [5.74, 6) is -1.37. The van der Waals surface area contributed by atoms with Crippen molar-refractivity contribution in [3.05, 3.63) is 48.0 Å². The Bertz CT molecular complexity index is 504. The standard InChI is InChI=1S/C11H7FO3S/c12-7-1-3-8(4-2-7)16-11-9(10(13)14)5-6-15-11/h1-6H,(H,13,14). The van der Waals surface area contributed by atoms with E-state index in [0.29, 0.717) is 5.09 Å². The lowest BCUT2D eigenvalue weighted by Crippen LogP contribution is -1.94. The van der Waals surface area contributed by atoms with Crippen LogP contribution in [0.5, 0.6) is 0 Å². The van der Waals surface area contributed by atoms with Crippen LogP contribution < -0.4 is 0 Å². The SMILES string of the molecule is O=C(O)c1ccoc1Sc1ccc(F)cc1. The lowest BCUT2D eigenvalue weighted by atomic mass is 10.3. The molecule has 0 fully saturated rings. The van der Waals surface area contributed by atoms with Crippen molar-refractivity contribution < 1.29 is 18.7 Å². The first-order chi connectivity index (χ1) is 7.66. The fourth-order valence-corrected chi connectivity index (χ4v) is 2.00. The number of benzene rings is 1. The van der Waals surface area contributed by atoms with Crippen molar-refractivity contribution in [1.29, 1.82) is 0 Å². The quantitative estimate of drug-likeness (QED) is 0.891. The summed E-state index contributed by atoms with van der Waals surface area (Å²) in [5.41, 5.74) is 0.106. The van der Waals surface area contributed by atoms with E-state index in [4.69, 9.17) is 9.52 Å². The molecule has 2 aromatic rings. The van der Waals surface area contributed by atoms with Gasteiger partial charge in [0.2, 0.25) is 0 Å². The van der Waals surface area contributed by atoms with E-state index in [9.17, 15) is 9.18 Å². The maximum atomic E-state index is 12.6. The van der Waals surface area contributed by atoms with Gasteiger partial charge in [-0.1, -0.05) is 11.8 Å². The third-order valence-corrected chi connectivity index (χ3v) is 2.89. The van der Waals surface area contributed by atoms with Crippen molar-refractivity contribution in [2.75, 3.05) is 0 Å². The van der Waals surface area contributed by atoms with Crippen molar-refractivity contribution in [2.24, 2.45) is 0 Å². The molecule has 0 saturated heterocycles. The van der Waals surface area contributed by atoms with Gasteiger partial charge in [0.15, 0.2) is 5.09 Å². The van der Waals surface area contributed by atoms with Crippen LogP contribution in [0.4, 0.5) is 4.39 Å². The normalized spacial score (nSPS) is 10.3. The van der Waals surface area contributed by atoms with Crippen molar-refractivity contribution in [3.8, 4) is 0 Å². The molecule has 1 heterocycles. The second-order valence-corrected chi connectivity index (χ2v) is 4.03. The molecule has 16 heavy (non-hydrogen) atoms. The molecule has 0 atom stereocenters. The third-order valence-electron chi connectivity index (χ3n) is 1.88. The summed E-state index contributed by atoms with van der Waals surface area (Å²) in [7, 11) is 0. The first-order valence-electron chi connectivity index (χ1n) is 4.41. The van der Waals surface area contributed by atoms with Gasteiger partial charge in [0.05, 0.1) is 6.26 Å². The molecule has 1 aromatic heterocycles. The maximum absolute atomic E-state index is 12.6.